The van der Waals surface area contributed by atoms with Crippen molar-refractivity contribution in [2.24, 2.45) is 0 Å². The minimum Gasteiger partial charge on any atom is -0.464 e. The topological polar surface area (TPSA) is 64.1 Å². The first-order valence-electron chi connectivity index (χ1n) is 5.41. The lowest BCUT2D eigenvalue weighted by Crippen LogP contribution is -2.09. The number of nitrogens with zero attached hydrogens (tertiary/aromatic N) is 2. The standard InChI is InChI=1S/C11H17N3O2S/c1-16-11(15)9-7-12-8-10(14-9)13-5-3-4-6-17-2/h7-8H,3-6H2,1-2H3,(H,13,14). The molecule has 1 heterocycles. The molecule has 6 heteroatoms. The van der Waals surface area contributed by atoms with Crippen LogP contribution in [-0.4, -0.2) is 41.6 Å². The van der Waals surface area contributed by atoms with Crippen molar-refractivity contribution in [2.45, 2.75) is 12.8 Å². The number of methoxy groups -OCH3 is 1. The van der Waals surface area contributed by atoms with Gasteiger partial charge in [-0.05, 0) is 24.9 Å². The summed E-state index contributed by atoms with van der Waals surface area (Å²) in [4.78, 5) is 19.3. The molecule has 94 valence electrons. The van der Waals surface area contributed by atoms with Gasteiger partial charge in [-0.25, -0.2) is 9.78 Å². The molecule has 5 nitrogen and oxygen atoms in total. The Morgan fingerprint density at radius 1 is 1.47 bits per heavy atom. The van der Waals surface area contributed by atoms with Crippen LogP contribution in [0.15, 0.2) is 12.4 Å². The number of esters is 1. The largest absolute Gasteiger partial charge is 0.464 e. The van der Waals surface area contributed by atoms with Gasteiger partial charge in [0, 0.05) is 6.54 Å². The highest BCUT2D eigenvalue weighted by Gasteiger charge is 2.07. The molecule has 1 aromatic rings. The van der Waals surface area contributed by atoms with Crippen LogP contribution in [0, 0.1) is 0 Å². The summed E-state index contributed by atoms with van der Waals surface area (Å²) in [6.45, 7) is 0.833. The number of hydrogen-bond donors (Lipinski definition) is 1. The molecule has 0 saturated heterocycles. The predicted molar refractivity (Wildman–Crippen MR) is 69.5 cm³/mol. The van der Waals surface area contributed by atoms with Gasteiger partial charge in [-0.15, -0.1) is 0 Å². The van der Waals surface area contributed by atoms with Gasteiger partial charge in [0.1, 0.15) is 5.82 Å². The lowest BCUT2D eigenvalue weighted by atomic mass is 10.3. The molecule has 0 saturated carbocycles. The number of nitrogens with one attached hydrogen (secondary N) is 1. The zero-order valence-corrected chi connectivity index (χ0v) is 10.9. The van der Waals surface area contributed by atoms with Gasteiger partial charge in [-0.2, -0.15) is 11.8 Å². The third kappa shape index (κ3) is 5.04. The first-order chi connectivity index (χ1) is 8.27. The molecule has 0 spiro atoms. The van der Waals surface area contributed by atoms with Crippen LogP contribution >= 0.6 is 11.8 Å². The molecule has 0 fully saturated rings. The van der Waals surface area contributed by atoms with E-state index < -0.39 is 5.97 Å². The van der Waals surface area contributed by atoms with Crippen LogP contribution in [0.1, 0.15) is 23.3 Å². The Morgan fingerprint density at radius 3 is 3.00 bits per heavy atom. The monoisotopic (exact) mass is 255 g/mol. The van der Waals surface area contributed by atoms with Crippen LogP contribution in [0.2, 0.25) is 0 Å². The maximum atomic E-state index is 11.2. The Morgan fingerprint density at radius 2 is 2.29 bits per heavy atom. The van der Waals surface area contributed by atoms with E-state index in [4.69, 9.17) is 0 Å². The van der Waals surface area contributed by atoms with Crippen molar-refractivity contribution in [3.8, 4) is 0 Å². The van der Waals surface area contributed by atoms with Crippen molar-refractivity contribution in [3.63, 3.8) is 0 Å². The van der Waals surface area contributed by atoms with Gasteiger partial charge >= 0.3 is 5.97 Å². The fraction of sp³-hybridized carbons (Fsp3) is 0.545. The van der Waals surface area contributed by atoms with E-state index in [1.165, 1.54) is 13.3 Å². The van der Waals surface area contributed by atoms with Crippen LogP contribution in [0.5, 0.6) is 0 Å². The number of thioether (sulfide) groups is 1. The second kappa shape index (κ2) is 7.89. The molecule has 0 aliphatic rings. The smallest absolute Gasteiger partial charge is 0.358 e. The summed E-state index contributed by atoms with van der Waals surface area (Å²) in [5.74, 6) is 1.30. The van der Waals surface area contributed by atoms with Crippen LogP contribution in [-0.2, 0) is 4.74 Å². The zero-order valence-electron chi connectivity index (χ0n) is 10.1. The van der Waals surface area contributed by atoms with Gasteiger partial charge in [0.25, 0.3) is 0 Å². The van der Waals surface area contributed by atoms with E-state index in [1.54, 1.807) is 6.20 Å². The summed E-state index contributed by atoms with van der Waals surface area (Å²) in [6.07, 6.45) is 7.33. The van der Waals surface area contributed by atoms with E-state index >= 15 is 0 Å². The summed E-state index contributed by atoms with van der Waals surface area (Å²) in [7, 11) is 1.33. The number of hydrogen-bond acceptors (Lipinski definition) is 6. The fourth-order valence-electron chi connectivity index (χ4n) is 1.24. The van der Waals surface area contributed by atoms with Gasteiger partial charge in [-0.3, -0.25) is 4.98 Å². The highest BCUT2D eigenvalue weighted by Crippen LogP contribution is 2.04. The van der Waals surface area contributed by atoms with Crippen molar-refractivity contribution in [1.29, 1.82) is 0 Å². The van der Waals surface area contributed by atoms with E-state index in [1.807, 2.05) is 11.8 Å². The Hall–Kier alpha value is -1.30. The van der Waals surface area contributed by atoms with E-state index in [0.29, 0.717) is 5.82 Å². The summed E-state index contributed by atoms with van der Waals surface area (Å²) >= 11 is 1.84. The van der Waals surface area contributed by atoms with E-state index in [-0.39, 0.29) is 5.69 Å². The summed E-state index contributed by atoms with van der Waals surface area (Å²) in [5.41, 5.74) is 0.224. The normalized spacial score (nSPS) is 10.0. The molecular formula is C11H17N3O2S. The molecule has 0 amide bonds. The highest BCUT2D eigenvalue weighted by molar-refractivity contribution is 7.98. The average Bonchev–Trinajstić information content (AvgIpc) is 2.38. The second-order valence-corrected chi connectivity index (χ2v) is 4.39. The molecule has 0 bridgehead atoms. The van der Waals surface area contributed by atoms with Crippen molar-refractivity contribution in [2.75, 3.05) is 31.0 Å². The maximum Gasteiger partial charge on any atom is 0.358 e. The van der Waals surface area contributed by atoms with Gasteiger partial charge in [0.15, 0.2) is 5.69 Å². The molecule has 0 aliphatic heterocycles. The minimum atomic E-state index is -0.469. The Kier molecular flexibility index (Phi) is 6.39. The molecule has 1 N–H and O–H groups in total. The van der Waals surface area contributed by atoms with Crippen LogP contribution in [0.25, 0.3) is 0 Å². The Bertz CT molecular complexity index is 360. The molecule has 0 aromatic carbocycles. The molecule has 0 radical (unpaired) electrons. The predicted octanol–water partition coefficient (Wildman–Crippen LogP) is 1.82. The van der Waals surface area contributed by atoms with Crippen molar-refractivity contribution in [1.82, 2.24) is 9.97 Å². The first-order valence-corrected chi connectivity index (χ1v) is 6.80. The Balaban J connectivity index is 2.40. The molecule has 1 aromatic heterocycles. The van der Waals surface area contributed by atoms with Crippen LogP contribution < -0.4 is 5.32 Å². The summed E-state index contributed by atoms with van der Waals surface area (Å²) in [5, 5.41) is 3.13. The number of carbonyl (C=O) groups is 1. The molecule has 0 unspecified atom stereocenters. The lowest BCUT2D eigenvalue weighted by Gasteiger charge is -2.05. The molecular weight excluding hydrogens is 238 g/mol. The van der Waals surface area contributed by atoms with Crippen LogP contribution in [0.3, 0.4) is 0 Å². The number of rotatable bonds is 7. The molecule has 0 atom stereocenters. The SMILES string of the molecule is COC(=O)c1cncc(NCCCCSC)n1. The number of anilines is 1. The zero-order chi connectivity index (χ0) is 12.5. The molecule has 1 rings (SSSR count). The first kappa shape index (κ1) is 13.8. The molecule has 17 heavy (non-hydrogen) atoms. The maximum absolute atomic E-state index is 11.2. The van der Waals surface area contributed by atoms with Gasteiger partial charge in [-0.1, -0.05) is 0 Å². The third-order valence-corrected chi connectivity index (χ3v) is 2.81. The Labute approximate surface area is 105 Å². The van der Waals surface area contributed by atoms with Crippen molar-refractivity contribution in [3.05, 3.63) is 18.1 Å². The van der Waals surface area contributed by atoms with E-state index in [9.17, 15) is 4.79 Å². The second-order valence-electron chi connectivity index (χ2n) is 3.41. The van der Waals surface area contributed by atoms with Gasteiger partial charge < -0.3 is 10.1 Å². The number of carbonyl (C=O) groups excluding carboxylic acids is 1. The number of unbranched alkanes of at least 4 members (excludes halogenated alkanes) is 1. The van der Waals surface area contributed by atoms with Crippen LogP contribution in [0.4, 0.5) is 5.82 Å². The summed E-state index contributed by atoms with van der Waals surface area (Å²) < 4.78 is 4.58. The highest BCUT2D eigenvalue weighted by atomic mass is 32.2. The fourth-order valence-corrected chi connectivity index (χ4v) is 1.73. The molecule has 0 aliphatic carbocycles. The van der Waals surface area contributed by atoms with Gasteiger partial charge in [0.05, 0.1) is 19.5 Å². The van der Waals surface area contributed by atoms with Crippen molar-refractivity contribution >= 4 is 23.5 Å². The van der Waals surface area contributed by atoms with E-state index in [2.05, 4.69) is 26.3 Å². The number of ether oxygens (including phenoxy) is 1. The average molecular weight is 255 g/mol. The third-order valence-electron chi connectivity index (χ3n) is 2.11. The minimum absolute atomic E-state index is 0.224. The quantitative estimate of drug-likeness (QED) is 0.592. The van der Waals surface area contributed by atoms with E-state index in [0.717, 1.165) is 25.1 Å². The lowest BCUT2D eigenvalue weighted by molar-refractivity contribution is 0.0593. The van der Waals surface area contributed by atoms with Gasteiger partial charge in [0.2, 0.25) is 0 Å². The number of aromatic nitrogens is 2. The van der Waals surface area contributed by atoms with Crippen molar-refractivity contribution < 1.29 is 9.53 Å². The summed E-state index contributed by atoms with van der Waals surface area (Å²) in [6, 6.07) is 0.